The lowest BCUT2D eigenvalue weighted by atomic mass is 10.3. The fourth-order valence-corrected chi connectivity index (χ4v) is 2.44. The van der Waals surface area contributed by atoms with Crippen molar-refractivity contribution in [2.75, 3.05) is 5.32 Å². The molecular formula is C12H11N5OS. The van der Waals surface area contributed by atoms with E-state index in [1.54, 1.807) is 4.68 Å². The van der Waals surface area contributed by atoms with Crippen molar-refractivity contribution in [3.8, 4) is 0 Å². The number of anilines is 1. The van der Waals surface area contributed by atoms with Crippen molar-refractivity contribution in [2.24, 2.45) is 0 Å². The van der Waals surface area contributed by atoms with Crippen molar-refractivity contribution >= 4 is 33.4 Å². The Hall–Kier alpha value is -2.28. The van der Waals surface area contributed by atoms with Crippen LogP contribution in [0.15, 0.2) is 29.6 Å². The predicted octanol–water partition coefficient (Wildman–Crippen LogP) is 1.83. The van der Waals surface area contributed by atoms with Crippen molar-refractivity contribution in [3.63, 3.8) is 0 Å². The van der Waals surface area contributed by atoms with Gasteiger partial charge in [-0.2, -0.15) is 0 Å². The fourth-order valence-electron chi connectivity index (χ4n) is 1.74. The first-order valence-corrected chi connectivity index (χ1v) is 6.60. The van der Waals surface area contributed by atoms with Crippen molar-refractivity contribution in [2.45, 2.75) is 13.5 Å². The average Bonchev–Trinajstić information content (AvgIpc) is 2.97. The van der Waals surface area contributed by atoms with Crippen LogP contribution in [0.25, 0.3) is 11.0 Å². The Morgan fingerprint density at radius 1 is 1.42 bits per heavy atom. The lowest BCUT2D eigenvalue weighted by Crippen LogP contribution is -2.19. The summed E-state index contributed by atoms with van der Waals surface area (Å²) in [5.74, 6) is -0.162. The van der Waals surface area contributed by atoms with Gasteiger partial charge in [0, 0.05) is 5.38 Å². The van der Waals surface area contributed by atoms with Gasteiger partial charge in [-0.3, -0.25) is 4.79 Å². The summed E-state index contributed by atoms with van der Waals surface area (Å²) >= 11 is 1.41. The van der Waals surface area contributed by atoms with Crippen molar-refractivity contribution in [1.82, 2.24) is 20.0 Å². The standard InChI is InChI=1S/C12H11N5OS/c1-8-7-19-12(13-8)14-11(18)6-17-10-5-3-2-4-9(10)15-16-17/h2-5,7H,6H2,1H3,(H,13,14,18). The molecule has 0 saturated carbocycles. The van der Waals surface area contributed by atoms with Gasteiger partial charge in [-0.1, -0.05) is 17.3 Å². The molecule has 7 heteroatoms. The number of thiazole rings is 1. The van der Waals surface area contributed by atoms with E-state index >= 15 is 0 Å². The van der Waals surface area contributed by atoms with Gasteiger partial charge >= 0.3 is 0 Å². The molecule has 0 radical (unpaired) electrons. The number of nitrogens with one attached hydrogen (secondary N) is 1. The van der Waals surface area contributed by atoms with Gasteiger partial charge in [0.2, 0.25) is 5.91 Å². The molecule has 19 heavy (non-hydrogen) atoms. The van der Waals surface area contributed by atoms with Crippen molar-refractivity contribution in [1.29, 1.82) is 0 Å². The highest BCUT2D eigenvalue weighted by atomic mass is 32.1. The summed E-state index contributed by atoms with van der Waals surface area (Å²) in [6.07, 6.45) is 0. The number of fused-ring (bicyclic) bond motifs is 1. The maximum Gasteiger partial charge on any atom is 0.247 e. The van der Waals surface area contributed by atoms with E-state index in [1.807, 2.05) is 36.6 Å². The molecule has 0 bridgehead atoms. The van der Waals surface area contributed by atoms with Crippen molar-refractivity contribution < 1.29 is 4.79 Å². The Morgan fingerprint density at radius 3 is 3.05 bits per heavy atom. The number of hydrogen-bond acceptors (Lipinski definition) is 5. The largest absolute Gasteiger partial charge is 0.300 e. The minimum atomic E-state index is -0.162. The Labute approximate surface area is 113 Å². The van der Waals surface area contributed by atoms with Crippen LogP contribution in [-0.2, 0) is 11.3 Å². The number of amides is 1. The van der Waals surface area contributed by atoms with Gasteiger partial charge in [0.05, 0.1) is 11.2 Å². The maximum atomic E-state index is 11.9. The zero-order valence-electron chi connectivity index (χ0n) is 10.2. The van der Waals surface area contributed by atoms with E-state index < -0.39 is 0 Å². The quantitative estimate of drug-likeness (QED) is 0.790. The van der Waals surface area contributed by atoms with Crippen LogP contribution in [0.4, 0.5) is 5.13 Å². The second-order valence-corrected chi connectivity index (χ2v) is 4.94. The molecule has 1 N–H and O–H groups in total. The van der Waals surface area contributed by atoms with Crippen LogP contribution in [-0.4, -0.2) is 25.9 Å². The third-order valence-electron chi connectivity index (χ3n) is 2.58. The number of nitrogens with zero attached hydrogens (tertiary/aromatic N) is 4. The molecule has 0 atom stereocenters. The molecule has 1 amide bonds. The minimum absolute atomic E-state index is 0.124. The van der Waals surface area contributed by atoms with Crippen LogP contribution < -0.4 is 5.32 Å². The summed E-state index contributed by atoms with van der Waals surface area (Å²) in [6.45, 7) is 2.01. The van der Waals surface area contributed by atoms with E-state index in [2.05, 4.69) is 20.6 Å². The smallest absolute Gasteiger partial charge is 0.247 e. The summed E-state index contributed by atoms with van der Waals surface area (Å²) < 4.78 is 1.57. The summed E-state index contributed by atoms with van der Waals surface area (Å²) in [5, 5.41) is 13.2. The molecule has 0 saturated heterocycles. The first-order valence-electron chi connectivity index (χ1n) is 5.72. The van der Waals surface area contributed by atoms with E-state index in [0.717, 1.165) is 16.7 Å². The summed E-state index contributed by atoms with van der Waals surface area (Å²) in [6, 6.07) is 7.53. The molecule has 0 aliphatic heterocycles. The SMILES string of the molecule is Cc1csc(NC(=O)Cn2nnc3ccccc32)n1. The summed E-state index contributed by atoms with van der Waals surface area (Å²) in [4.78, 5) is 16.1. The summed E-state index contributed by atoms with van der Waals surface area (Å²) in [5.41, 5.74) is 2.51. The van der Waals surface area contributed by atoms with Crippen LogP contribution >= 0.6 is 11.3 Å². The molecule has 96 valence electrons. The molecule has 0 aliphatic carbocycles. The molecule has 3 aromatic rings. The number of aromatic nitrogens is 4. The molecule has 1 aromatic carbocycles. The van der Waals surface area contributed by atoms with E-state index in [4.69, 9.17) is 0 Å². The van der Waals surface area contributed by atoms with Crippen LogP contribution in [0.2, 0.25) is 0 Å². The van der Waals surface area contributed by atoms with Crippen LogP contribution in [0.3, 0.4) is 0 Å². The number of rotatable bonds is 3. The molecular weight excluding hydrogens is 262 g/mol. The number of carbonyl (C=O) groups excluding carboxylic acids is 1. The highest BCUT2D eigenvalue weighted by molar-refractivity contribution is 7.13. The Kier molecular flexibility index (Phi) is 2.96. The highest BCUT2D eigenvalue weighted by Crippen LogP contribution is 2.15. The second-order valence-electron chi connectivity index (χ2n) is 4.08. The highest BCUT2D eigenvalue weighted by Gasteiger charge is 2.09. The van der Waals surface area contributed by atoms with Gasteiger partial charge in [0.15, 0.2) is 5.13 Å². The molecule has 2 heterocycles. The van der Waals surface area contributed by atoms with Gasteiger partial charge < -0.3 is 5.32 Å². The Balaban J connectivity index is 1.76. The molecule has 0 spiro atoms. The van der Waals surface area contributed by atoms with Gasteiger partial charge in [0.1, 0.15) is 12.1 Å². The van der Waals surface area contributed by atoms with Gasteiger partial charge in [-0.05, 0) is 19.1 Å². The molecule has 0 unspecified atom stereocenters. The van der Waals surface area contributed by atoms with Gasteiger partial charge in [-0.25, -0.2) is 9.67 Å². The van der Waals surface area contributed by atoms with Crippen LogP contribution in [0, 0.1) is 6.92 Å². The maximum absolute atomic E-state index is 11.9. The third kappa shape index (κ3) is 2.45. The average molecular weight is 273 g/mol. The third-order valence-corrected chi connectivity index (χ3v) is 3.45. The monoisotopic (exact) mass is 273 g/mol. The number of aryl methyl sites for hydroxylation is 1. The number of carbonyl (C=O) groups is 1. The topological polar surface area (TPSA) is 72.7 Å². The van der Waals surface area contributed by atoms with E-state index in [-0.39, 0.29) is 12.5 Å². The fraction of sp³-hybridized carbons (Fsp3) is 0.167. The lowest BCUT2D eigenvalue weighted by Gasteiger charge is -2.02. The number of para-hydroxylation sites is 1. The van der Waals surface area contributed by atoms with Gasteiger partial charge in [-0.15, -0.1) is 16.4 Å². The number of hydrogen-bond donors (Lipinski definition) is 1. The second kappa shape index (κ2) is 4.77. The molecule has 0 aliphatic rings. The first kappa shape index (κ1) is 11.8. The molecule has 2 aromatic heterocycles. The predicted molar refractivity (Wildman–Crippen MR) is 73.0 cm³/mol. The van der Waals surface area contributed by atoms with E-state index in [0.29, 0.717) is 5.13 Å². The van der Waals surface area contributed by atoms with Crippen LogP contribution in [0.5, 0.6) is 0 Å². The molecule has 3 rings (SSSR count). The first-order chi connectivity index (χ1) is 9.22. The zero-order chi connectivity index (χ0) is 13.2. The minimum Gasteiger partial charge on any atom is -0.300 e. The number of benzene rings is 1. The van der Waals surface area contributed by atoms with Crippen molar-refractivity contribution in [3.05, 3.63) is 35.3 Å². The lowest BCUT2D eigenvalue weighted by molar-refractivity contribution is -0.116. The van der Waals surface area contributed by atoms with E-state index in [1.165, 1.54) is 11.3 Å². The molecule has 0 fully saturated rings. The van der Waals surface area contributed by atoms with Crippen LogP contribution in [0.1, 0.15) is 5.69 Å². The van der Waals surface area contributed by atoms with E-state index in [9.17, 15) is 4.79 Å². The normalized spacial score (nSPS) is 10.8. The Bertz CT molecular complexity index is 732. The molecule has 6 nitrogen and oxygen atoms in total. The summed E-state index contributed by atoms with van der Waals surface area (Å²) in [7, 11) is 0. The Morgan fingerprint density at radius 2 is 2.26 bits per heavy atom. The van der Waals surface area contributed by atoms with Gasteiger partial charge in [0.25, 0.3) is 0 Å². The zero-order valence-corrected chi connectivity index (χ0v) is 11.0.